The van der Waals surface area contributed by atoms with E-state index in [0.29, 0.717) is 11.2 Å². The topological polar surface area (TPSA) is 62.5 Å². The monoisotopic (exact) mass is 407 g/mol. The predicted octanol–water partition coefficient (Wildman–Crippen LogP) is 4.25. The fraction of sp³-hybridized carbons (Fsp3) is 0.458. The number of rotatable bonds is 9. The fourth-order valence-corrected chi connectivity index (χ4v) is 3.71. The molecule has 6 heteroatoms. The standard InChI is InChI=1S/C24H33N5O/c1-6-28(7-2)14-8-9-19(5)27-24(30)21-16-26-29-22(12-13-25-23(21)29)20-11-10-17(3)18(4)15-20/h10-13,15-16,19H,6-9,14H2,1-5H3,(H,27,30). The van der Waals surface area contributed by atoms with Gasteiger partial charge in [-0.15, -0.1) is 0 Å². The summed E-state index contributed by atoms with van der Waals surface area (Å²) in [5.41, 5.74) is 5.55. The molecule has 1 aromatic carbocycles. The minimum absolute atomic E-state index is 0.103. The van der Waals surface area contributed by atoms with Crippen molar-refractivity contribution in [3.8, 4) is 11.3 Å². The van der Waals surface area contributed by atoms with Gasteiger partial charge in [0.25, 0.3) is 5.91 Å². The molecule has 0 aliphatic heterocycles. The van der Waals surface area contributed by atoms with Crippen LogP contribution in [0.15, 0.2) is 36.7 Å². The van der Waals surface area contributed by atoms with Gasteiger partial charge in [-0.25, -0.2) is 9.50 Å². The number of aryl methyl sites for hydroxylation is 2. The Labute approximate surface area is 179 Å². The van der Waals surface area contributed by atoms with Gasteiger partial charge in [0.15, 0.2) is 5.65 Å². The van der Waals surface area contributed by atoms with E-state index in [1.807, 2.05) is 6.07 Å². The minimum Gasteiger partial charge on any atom is -0.349 e. The summed E-state index contributed by atoms with van der Waals surface area (Å²) in [4.78, 5) is 19.7. The van der Waals surface area contributed by atoms with Gasteiger partial charge >= 0.3 is 0 Å². The summed E-state index contributed by atoms with van der Waals surface area (Å²) in [6.45, 7) is 13.8. The van der Waals surface area contributed by atoms with Crippen LogP contribution in [0, 0.1) is 13.8 Å². The van der Waals surface area contributed by atoms with Crippen LogP contribution in [0.5, 0.6) is 0 Å². The van der Waals surface area contributed by atoms with Crippen molar-refractivity contribution in [2.75, 3.05) is 19.6 Å². The maximum Gasteiger partial charge on any atom is 0.256 e. The molecule has 0 radical (unpaired) electrons. The van der Waals surface area contributed by atoms with Crippen LogP contribution in [-0.4, -0.2) is 51.1 Å². The predicted molar refractivity (Wildman–Crippen MR) is 122 cm³/mol. The molecule has 1 atom stereocenters. The number of hydrogen-bond acceptors (Lipinski definition) is 4. The SMILES string of the molecule is CCN(CC)CCCC(C)NC(=O)c1cnn2c(-c3ccc(C)c(C)c3)ccnc12. The molecule has 3 aromatic rings. The largest absolute Gasteiger partial charge is 0.349 e. The van der Waals surface area contributed by atoms with Crippen LogP contribution < -0.4 is 5.32 Å². The number of aromatic nitrogens is 3. The highest BCUT2D eigenvalue weighted by molar-refractivity contribution is 6.00. The first-order valence-electron chi connectivity index (χ1n) is 10.9. The van der Waals surface area contributed by atoms with Crippen molar-refractivity contribution in [2.45, 2.75) is 53.5 Å². The highest BCUT2D eigenvalue weighted by Gasteiger charge is 2.18. The molecule has 0 aliphatic rings. The first-order chi connectivity index (χ1) is 14.4. The molecule has 1 amide bonds. The average molecular weight is 408 g/mol. The molecule has 1 unspecified atom stereocenters. The van der Waals surface area contributed by atoms with E-state index in [0.717, 1.165) is 43.7 Å². The van der Waals surface area contributed by atoms with Gasteiger partial charge < -0.3 is 10.2 Å². The van der Waals surface area contributed by atoms with Crippen LogP contribution in [0.4, 0.5) is 0 Å². The normalized spacial score (nSPS) is 12.5. The van der Waals surface area contributed by atoms with Crippen molar-refractivity contribution >= 4 is 11.6 Å². The number of hydrogen-bond donors (Lipinski definition) is 1. The van der Waals surface area contributed by atoms with E-state index in [4.69, 9.17) is 0 Å². The number of carbonyl (C=O) groups excluding carboxylic acids is 1. The third-order valence-electron chi connectivity index (χ3n) is 5.83. The van der Waals surface area contributed by atoms with Gasteiger partial charge in [-0.3, -0.25) is 4.79 Å². The van der Waals surface area contributed by atoms with Crippen LogP contribution in [0.1, 0.15) is 55.1 Å². The second-order valence-corrected chi connectivity index (χ2v) is 7.97. The zero-order valence-corrected chi connectivity index (χ0v) is 18.8. The Morgan fingerprint density at radius 3 is 2.63 bits per heavy atom. The maximum absolute atomic E-state index is 12.9. The number of nitrogens with zero attached hydrogens (tertiary/aromatic N) is 4. The Morgan fingerprint density at radius 1 is 1.17 bits per heavy atom. The van der Waals surface area contributed by atoms with Crippen molar-refractivity contribution in [3.05, 3.63) is 53.3 Å². The van der Waals surface area contributed by atoms with Crippen molar-refractivity contribution < 1.29 is 4.79 Å². The van der Waals surface area contributed by atoms with Gasteiger partial charge in [0.05, 0.1) is 11.9 Å². The molecule has 2 aromatic heterocycles. The zero-order chi connectivity index (χ0) is 21.7. The summed E-state index contributed by atoms with van der Waals surface area (Å²) >= 11 is 0. The summed E-state index contributed by atoms with van der Waals surface area (Å²) < 4.78 is 1.75. The maximum atomic E-state index is 12.9. The van der Waals surface area contributed by atoms with Crippen molar-refractivity contribution in [1.29, 1.82) is 0 Å². The van der Waals surface area contributed by atoms with Crippen LogP contribution >= 0.6 is 0 Å². The van der Waals surface area contributed by atoms with Crippen molar-refractivity contribution in [2.24, 2.45) is 0 Å². The lowest BCUT2D eigenvalue weighted by Gasteiger charge is -2.19. The first kappa shape index (κ1) is 22.0. The lowest BCUT2D eigenvalue weighted by molar-refractivity contribution is 0.0938. The Kier molecular flexibility index (Phi) is 7.21. The Balaban J connectivity index is 1.74. The van der Waals surface area contributed by atoms with Crippen LogP contribution in [0.25, 0.3) is 16.9 Å². The Hall–Kier alpha value is -2.73. The molecule has 1 N–H and O–H groups in total. The minimum atomic E-state index is -0.120. The van der Waals surface area contributed by atoms with E-state index < -0.39 is 0 Å². The van der Waals surface area contributed by atoms with E-state index in [-0.39, 0.29) is 11.9 Å². The molecule has 6 nitrogen and oxygen atoms in total. The van der Waals surface area contributed by atoms with E-state index in [1.165, 1.54) is 11.1 Å². The second-order valence-electron chi connectivity index (χ2n) is 7.97. The highest BCUT2D eigenvalue weighted by Crippen LogP contribution is 2.23. The number of fused-ring (bicyclic) bond motifs is 1. The summed E-state index contributed by atoms with van der Waals surface area (Å²) in [6.07, 6.45) is 5.37. The zero-order valence-electron chi connectivity index (χ0n) is 18.8. The third-order valence-corrected chi connectivity index (χ3v) is 5.83. The summed E-state index contributed by atoms with van der Waals surface area (Å²) in [5.74, 6) is -0.120. The van der Waals surface area contributed by atoms with Crippen molar-refractivity contribution in [1.82, 2.24) is 24.8 Å². The van der Waals surface area contributed by atoms with E-state index in [1.54, 1.807) is 16.9 Å². The number of amides is 1. The highest BCUT2D eigenvalue weighted by atomic mass is 16.1. The van der Waals surface area contributed by atoms with Gasteiger partial charge in [-0.2, -0.15) is 5.10 Å². The molecular formula is C24H33N5O. The van der Waals surface area contributed by atoms with Crippen LogP contribution in [-0.2, 0) is 0 Å². The molecule has 0 bridgehead atoms. The van der Waals surface area contributed by atoms with Crippen LogP contribution in [0.3, 0.4) is 0 Å². The molecular weight excluding hydrogens is 374 g/mol. The number of carbonyl (C=O) groups is 1. The average Bonchev–Trinajstić information content (AvgIpc) is 3.17. The molecule has 0 spiro atoms. The molecule has 3 rings (SSSR count). The summed E-state index contributed by atoms with van der Waals surface area (Å²) in [7, 11) is 0. The molecule has 2 heterocycles. The molecule has 0 fully saturated rings. The van der Waals surface area contributed by atoms with Gasteiger partial charge in [-0.05, 0) is 76.5 Å². The van der Waals surface area contributed by atoms with E-state index in [9.17, 15) is 4.79 Å². The quantitative estimate of drug-likeness (QED) is 0.576. The van der Waals surface area contributed by atoms with E-state index in [2.05, 4.69) is 73.1 Å². The lowest BCUT2D eigenvalue weighted by atomic mass is 10.0. The van der Waals surface area contributed by atoms with E-state index >= 15 is 0 Å². The number of benzene rings is 1. The fourth-order valence-electron chi connectivity index (χ4n) is 3.71. The molecule has 0 aliphatic carbocycles. The first-order valence-corrected chi connectivity index (χ1v) is 10.9. The lowest BCUT2D eigenvalue weighted by Crippen LogP contribution is -2.33. The van der Waals surface area contributed by atoms with Gasteiger partial charge in [0.2, 0.25) is 0 Å². The van der Waals surface area contributed by atoms with Crippen LogP contribution in [0.2, 0.25) is 0 Å². The molecule has 160 valence electrons. The van der Waals surface area contributed by atoms with Gasteiger partial charge in [0, 0.05) is 17.8 Å². The van der Waals surface area contributed by atoms with Crippen molar-refractivity contribution in [3.63, 3.8) is 0 Å². The number of nitrogens with one attached hydrogen (secondary N) is 1. The molecule has 0 saturated carbocycles. The summed E-state index contributed by atoms with van der Waals surface area (Å²) in [6, 6.07) is 8.36. The van der Waals surface area contributed by atoms with Gasteiger partial charge in [0.1, 0.15) is 5.56 Å². The second kappa shape index (κ2) is 9.85. The third kappa shape index (κ3) is 4.87. The van der Waals surface area contributed by atoms with Gasteiger partial charge in [-0.1, -0.05) is 26.0 Å². The summed E-state index contributed by atoms with van der Waals surface area (Å²) in [5, 5.41) is 7.58. The molecule has 0 saturated heterocycles. The Morgan fingerprint density at radius 2 is 1.93 bits per heavy atom. The molecule has 30 heavy (non-hydrogen) atoms. The Bertz CT molecular complexity index is 1010. The smallest absolute Gasteiger partial charge is 0.256 e.